The third-order valence-corrected chi connectivity index (χ3v) is 1.81. The van der Waals surface area contributed by atoms with Gasteiger partial charge in [-0.3, -0.25) is 4.99 Å². The number of allylic oxidation sites excluding steroid dienone is 2. The van der Waals surface area contributed by atoms with E-state index in [9.17, 15) is 0 Å². The molecule has 0 spiro atoms. The lowest BCUT2D eigenvalue weighted by Crippen LogP contribution is -1.97. The van der Waals surface area contributed by atoms with Crippen molar-refractivity contribution < 1.29 is 0 Å². The molecule has 0 radical (unpaired) electrons. The first-order chi connectivity index (χ1) is 5.70. The van der Waals surface area contributed by atoms with Crippen molar-refractivity contribution in [1.29, 1.82) is 0 Å². The van der Waals surface area contributed by atoms with Crippen LogP contribution in [0.3, 0.4) is 0 Å². The van der Waals surface area contributed by atoms with Crippen molar-refractivity contribution in [3.05, 3.63) is 12.2 Å². The number of nitrogens with zero attached hydrogens (tertiary/aromatic N) is 1. The molecule has 0 amide bonds. The Labute approximate surface area is 76.6 Å². The van der Waals surface area contributed by atoms with Gasteiger partial charge in [-0.1, -0.05) is 26.8 Å². The third kappa shape index (κ3) is 6.14. The molecular formula is C11H21N. The molecule has 0 unspecified atom stereocenters. The second-order valence-corrected chi connectivity index (χ2v) is 3.46. The molecule has 1 nitrogen and oxygen atoms in total. The molecule has 0 fully saturated rings. The summed E-state index contributed by atoms with van der Waals surface area (Å²) in [5.41, 5.74) is 1.23. The van der Waals surface area contributed by atoms with Crippen LogP contribution in [0.1, 0.15) is 40.0 Å². The molecule has 70 valence electrons. The number of aliphatic imine (C=N–C) groups is 1. The molecule has 0 aromatic carbocycles. The van der Waals surface area contributed by atoms with Crippen LogP contribution in [0.5, 0.6) is 0 Å². The first-order valence-corrected chi connectivity index (χ1v) is 4.82. The smallest absolute Gasteiger partial charge is 0.0341 e. The average molecular weight is 167 g/mol. The van der Waals surface area contributed by atoms with Crippen molar-refractivity contribution in [1.82, 2.24) is 0 Å². The van der Waals surface area contributed by atoms with Crippen molar-refractivity contribution in [2.75, 3.05) is 7.05 Å². The molecule has 0 atom stereocenters. The Morgan fingerprint density at radius 3 is 2.50 bits per heavy atom. The molecular weight excluding hydrogens is 146 g/mol. The summed E-state index contributed by atoms with van der Waals surface area (Å²) >= 11 is 0. The Bertz CT molecular complexity index is 154. The largest absolute Gasteiger partial charge is 0.293 e. The fourth-order valence-corrected chi connectivity index (χ4v) is 0.960. The van der Waals surface area contributed by atoms with Crippen molar-refractivity contribution in [2.45, 2.75) is 40.0 Å². The zero-order chi connectivity index (χ0) is 9.40. The Balaban J connectivity index is 3.77. The normalized spacial score (nSPS) is 13.2. The Kier molecular flexibility index (Phi) is 6.73. The van der Waals surface area contributed by atoms with Gasteiger partial charge in [-0.05, 0) is 31.3 Å². The van der Waals surface area contributed by atoms with Crippen molar-refractivity contribution in [3.8, 4) is 0 Å². The molecule has 0 aliphatic carbocycles. The predicted molar refractivity (Wildman–Crippen MR) is 56.9 cm³/mol. The third-order valence-electron chi connectivity index (χ3n) is 1.81. The molecule has 0 aromatic rings. The molecule has 0 aliphatic rings. The van der Waals surface area contributed by atoms with E-state index in [4.69, 9.17) is 0 Å². The van der Waals surface area contributed by atoms with Gasteiger partial charge >= 0.3 is 0 Å². The second-order valence-electron chi connectivity index (χ2n) is 3.46. The van der Waals surface area contributed by atoms with E-state index in [0.29, 0.717) is 0 Å². The lowest BCUT2D eigenvalue weighted by atomic mass is 10.1. The van der Waals surface area contributed by atoms with E-state index < -0.39 is 0 Å². The SMILES string of the molecule is CC/C=C\C(CCC(C)C)=NC. The van der Waals surface area contributed by atoms with Gasteiger partial charge in [0.15, 0.2) is 0 Å². The Hall–Kier alpha value is -0.590. The summed E-state index contributed by atoms with van der Waals surface area (Å²) in [7, 11) is 1.87. The van der Waals surface area contributed by atoms with Crippen LogP contribution in [0.15, 0.2) is 17.1 Å². The van der Waals surface area contributed by atoms with Crippen LogP contribution >= 0.6 is 0 Å². The second kappa shape index (κ2) is 7.08. The van der Waals surface area contributed by atoms with Crippen molar-refractivity contribution >= 4 is 5.71 Å². The monoisotopic (exact) mass is 167 g/mol. The van der Waals surface area contributed by atoms with E-state index in [1.54, 1.807) is 0 Å². The summed E-state index contributed by atoms with van der Waals surface area (Å²) in [5, 5.41) is 0. The summed E-state index contributed by atoms with van der Waals surface area (Å²) in [5.74, 6) is 0.775. The quantitative estimate of drug-likeness (QED) is 0.556. The van der Waals surface area contributed by atoms with Gasteiger partial charge in [0.05, 0.1) is 0 Å². The van der Waals surface area contributed by atoms with Crippen molar-refractivity contribution in [3.63, 3.8) is 0 Å². The Morgan fingerprint density at radius 1 is 1.42 bits per heavy atom. The zero-order valence-corrected chi connectivity index (χ0v) is 8.80. The van der Waals surface area contributed by atoms with E-state index in [1.165, 1.54) is 12.1 Å². The average Bonchev–Trinajstić information content (AvgIpc) is 2.05. The van der Waals surface area contributed by atoms with Crippen LogP contribution in [0.2, 0.25) is 0 Å². The molecule has 0 heterocycles. The van der Waals surface area contributed by atoms with Crippen LogP contribution in [-0.2, 0) is 0 Å². The van der Waals surface area contributed by atoms with Gasteiger partial charge in [0.2, 0.25) is 0 Å². The summed E-state index contributed by atoms with van der Waals surface area (Å²) in [6, 6.07) is 0. The molecule has 1 heteroatoms. The minimum Gasteiger partial charge on any atom is -0.293 e. The minimum atomic E-state index is 0.775. The van der Waals surface area contributed by atoms with Crippen LogP contribution in [0, 0.1) is 5.92 Å². The summed E-state index contributed by atoms with van der Waals surface area (Å²) in [6.45, 7) is 6.64. The zero-order valence-electron chi connectivity index (χ0n) is 8.80. The Morgan fingerprint density at radius 2 is 2.08 bits per heavy atom. The van der Waals surface area contributed by atoms with E-state index >= 15 is 0 Å². The predicted octanol–water partition coefficient (Wildman–Crippen LogP) is 3.46. The van der Waals surface area contributed by atoms with Gasteiger partial charge in [0.25, 0.3) is 0 Å². The molecule has 0 bridgehead atoms. The van der Waals surface area contributed by atoms with E-state index in [0.717, 1.165) is 18.8 Å². The van der Waals surface area contributed by atoms with Crippen LogP contribution in [-0.4, -0.2) is 12.8 Å². The first kappa shape index (κ1) is 11.4. The summed E-state index contributed by atoms with van der Waals surface area (Å²) < 4.78 is 0. The van der Waals surface area contributed by atoms with Gasteiger partial charge in [0, 0.05) is 12.8 Å². The molecule has 0 aliphatic heterocycles. The standard InChI is InChI=1S/C11H21N/c1-5-6-7-11(12-4)9-8-10(2)3/h6-7,10H,5,8-9H2,1-4H3/b7-6-,12-11?. The molecule has 0 saturated heterocycles. The van der Waals surface area contributed by atoms with Gasteiger partial charge < -0.3 is 0 Å². The molecule has 0 N–H and O–H groups in total. The first-order valence-electron chi connectivity index (χ1n) is 4.82. The summed E-state index contributed by atoms with van der Waals surface area (Å²) in [4.78, 5) is 4.23. The van der Waals surface area contributed by atoms with Gasteiger partial charge in [-0.2, -0.15) is 0 Å². The topological polar surface area (TPSA) is 12.4 Å². The van der Waals surface area contributed by atoms with Crippen LogP contribution in [0.4, 0.5) is 0 Å². The minimum absolute atomic E-state index is 0.775. The number of hydrogen-bond donors (Lipinski definition) is 0. The fraction of sp³-hybridized carbons (Fsp3) is 0.727. The van der Waals surface area contributed by atoms with Gasteiger partial charge in [-0.15, -0.1) is 0 Å². The molecule has 12 heavy (non-hydrogen) atoms. The molecule has 0 saturated carbocycles. The highest BCUT2D eigenvalue weighted by Crippen LogP contribution is 2.05. The van der Waals surface area contributed by atoms with E-state index in [1.807, 2.05) is 7.05 Å². The maximum absolute atomic E-state index is 4.23. The number of rotatable bonds is 5. The summed E-state index contributed by atoms with van der Waals surface area (Å²) in [6.07, 6.45) is 7.76. The highest BCUT2D eigenvalue weighted by atomic mass is 14.7. The fourth-order valence-electron chi connectivity index (χ4n) is 0.960. The van der Waals surface area contributed by atoms with E-state index in [2.05, 4.69) is 37.9 Å². The van der Waals surface area contributed by atoms with Crippen LogP contribution in [0.25, 0.3) is 0 Å². The van der Waals surface area contributed by atoms with Crippen LogP contribution < -0.4 is 0 Å². The number of hydrogen-bond acceptors (Lipinski definition) is 1. The lowest BCUT2D eigenvalue weighted by molar-refractivity contribution is 0.604. The maximum atomic E-state index is 4.23. The molecule has 0 rings (SSSR count). The molecule has 0 aromatic heterocycles. The van der Waals surface area contributed by atoms with Gasteiger partial charge in [0.1, 0.15) is 0 Å². The van der Waals surface area contributed by atoms with Gasteiger partial charge in [-0.25, -0.2) is 0 Å². The lowest BCUT2D eigenvalue weighted by Gasteiger charge is -2.03. The van der Waals surface area contributed by atoms with E-state index in [-0.39, 0.29) is 0 Å². The highest BCUT2D eigenvalue weighted by Gasteiger charge is 1.96. The maximum Gasteiger partial charge on any atom is 0.0341 e. The van der Waals surface area contributed by atoms with Crippen molar-refractivity contribution in [2.24, 2.45) is 10.9 Å². The highest BCUT2D eigenvalue weighted by molar-refractivity contribution is 5.94.